The average Bonchev–Trinajstić information content (AvgIpc) is 2.93. The number of rotatable bonds is 13. The topological polar surface area (TPSA) is 86.8 Å². The first-order valence-corrected chi connectivity index (χ1v) is 15.4. The van der Waals surface area contributed by atoms with Crippen LogP contribution < -0.4 is 9.62 Å². The molecule has 0 aliphatic carbocycles. The summed E-state index contributed by atoms with van der Waals surface area (Å²) < 4.78 is 29.1. The van der Waals surface area contributed by atoms with E-state index in [0.717, 1.165) is 28.3 Å². The molecule has 3 rings (SSSR count). The normalized spacial score (nSPS) is 12.0. The summed E-state index contributed by atoms with van der Waals surface area (Å²) in [7, 11) is -4.14. The number of carbonyl (C=O) groups excluding carboxylic acids is 2. The lowest BCUT2D eigenvalue weighted by molar-refractivity contribution is -0.140. The van der Waals surface area contributed by atoms with Crippen molar-refractivity contribution in [1.29, 1.82) is 0 Å². The highest BCUT2D eigenvalue weighted by Gasteiger charge is 2.34. The second-order valence-corrected chi connectivity index (χ2v) is 12.1. The summed E-state index contributed by atoms with van der Waals surface area (Å²) in [6.45, 7) is 7.70. The minimum Gasteiger partial charge on any atom is -0.354 e. The number of benzene rings is 3. The lowest BCUT2D eigenvalue weighted by Crippen LogP contribution is -2.52. The van der Waals surface area contributed by atoms with Gasteiger partial charge >= 0.3 is 0 Å². The van der Waals surface area contributed by atoms with E-state index in [1.807, 2.05) is 51.1 Å². The van der Waals surface area contributed by atoms with Crippen molar-refractivity contribution >= 4 is 39.1 Å². The Balaban J connectivity index is 2.05. The summed E-state index contributed by atoms with van der Waals surface area (Å²) in [5.41, 5.74) is 2.71. The van der Waals surface area contributed by atoms with Crippen LogP contribution in [0.5, 0.6) is 0 Å². The number of unbranched alkanes of at least 4 members (excludes halogenated alkanes) is 1. The number of anilines is 1. The van der Waals surface area contributed by atoms with Crippen LogP contribution in [-0.2, 0) is 26.2 Å². The lowest BCUT2D eigenvalue weighted by atomic mass is 10.1. The molecular formula is C31H38ClN3O4S. The Hall–Kier alpha value is -3.36. The maximum Gasteiger partial charge on any atom is 0.264 e. The van der Waals surface area contributed by atoms with E-state index in [-0.39, 0.29) is 17.3 Å². The van der Waals surface area contributed by atoms with Gasteiger partial charge in [0.05, 0.1) is 10.6 Å². The molecule has 9 heteroatoms. The quantitative estimate of drug-likeness (QED) is 0.255. The van der Waals surface area contributed by atoms with Gasteiger partial charge in [0.25, 0.3) is 10.0 Å². The van der Waals surface area contributed by atoms with E-state index in [1.54, 1.807) is 37.3 Å². The molecule has 0 spiro atoms. The number of carbonyl (C=O) groups is 2. The van der Waals surface area contributed by atoms with Gasteiger partial charge in [-0.2, -0.15) is 0 Å². The molecule has 0 aromatic heterocycles. The van der Waals surface area contributed by atoms with E-state index in [2.05, 4.69) is 5.32 Å². The maximum absolute atomic E-state index is 14.1. The standard InChI is InChI=1S/C31H38ClN3O4S/c1-5-7-19-33-31(37)28(6-2)34(21-25-11-9-8-10-12-25)30(36)22-35(29-18-15-26(32)20-24(29)4)40(38,39)27-16-13-23(3)14-17-27/h8-18,20,28H,5-7,19,21-22H2,1-4H3,(H,33,37)/t28-/m0/s1. The minimum absolute atomic E-state index is 0.0687. The van der Waals surface area contributed by atoms with Crippen LogP contribution in [0.15, 0.2) is 77.7 Å². The second kappa shape index (κ2) is 14.3. The molecule has 1 N–H and O–H groups in total. The third-order valence-corrected chi connectivity index (χ3v) is 8.74. The zero-order valence-corrected chi connectivity index (χ0v) is 25.1. The summed E-state index contributed by atoms with van der Waals surface area (Å²) in [6, 6.07) is 20.0. The Morgan fingerprint density at radius 1 is 0.950 bits per heavy atom. The maximum atomic E-state index is 14.1. The van der Waals surface area contributed by atoms with E-state index in [0.29, 0.717) is 29.2 Å². The number of sulfonamides is 1. The molecule has 3 aromatic carbocycles. The zero-order chi connectivity index (χ0) is 29.3. The fourth-order valence-corrected chi connectivity index (χ4v) is 6.16. The second-order valence-electron chi connectivity index (χ2n) is 9.83. The van der Waals surface area contributed by atoms with Crippen LogP contribution in [0.2, 0.25) is 5.02 Å². The Kier molecular flexibility index (Phi) is 11.2. The fraction of sp³-hybridized carbons (Fsp3) is 0.355. The van der Waals surface area contributed by atoms with Crippen LogP contribution in [0.4, 0.5) is 5.69 Å². The first kappa shape index (κ1) is 31.2. The predicted molar refractivity (Wildman–Crippen MR) is 161 cm³/mol. The first-order valence-electron chi connectivity index (χ1n) is 13.5. The van der Waals surface area contributed by atoms with Crippen LogP contribution >= 0.6 is 11.6 Å². The third kappa shape index (κ3) is 7.86. The predicted octanol–water partition coefficient (Wildman–Crippen LogP) is 5.88. The molecule has 214 valence electrons. The van der Waals surface area contributed by atoms with Gasteiger partial charge in [-0.05, 0) is 68.1 Å². The Morgan fingerprint density at radius 3 is 2.23 bits per heavy atom. The molecule has 0 aliphatic rings. The molecular weight excluding hydrogens is 546 g/mol. The number of nitrogens with one attached hydrogen (secondary N) is 1. The van der Waals surface area contributed by atoms with Crippen LogP contribution in [-0.4, -0.2) is 44.3 Å². The van der Waals surface area contributed by atoms with Crippen molar-refractivity contribution in [2.75, 3.05) is 17.4 Å². The summed E-state index contributed by atoms with van der Waals surface area (Å²) in [6.07, 6.45) is 2.13. The number of hydrogen-bond donors (Lipinski definition) is 1. The number of halogens is 1. The van der Waals surface area contributed by atoms with Gasteiger partial charge in [0.2, 0.25) is 11.8 Å². The van der Waals surface area contributed by atoms with Gasteiger partial charge in [0.15, 0.2) is 0 Å². The highest BCUT2D eigenvalue weighted by Crippen LogP contribution is 2.29. The van der Waals surface area contributed by atoms with E-state index < -0.39 is 28.5 Å². The van der Waals surface area contributed by atoms with E-state index >= 15 is 0 Å². The highest BCUT2D eigenvalue weighted by molar-refractivity contribution is 7.92. The Bertz CT molecular complexity index is 1400. The molecule has 0 bridgehead atoms. The molecule has 0 saturated carbocycles. The Labute approximate surface area is 243 Å². The number of amides is 2. The smallest absolute Gasteiger partial charge is 0.264 e. The molecule has 0 radical (unpaired) electrons. The van der Waals surface area contributed by atoms with Crippen molar-refractivity contribution in [2.45, 2.75) is 64.4 Å². The van der Waals surface area contributed by atoms with Gasteiger partial charge in [-0.3, -0.25) is 13.9 Å². The van der Waals surface area contributed by atoms with Crippen molar-refractivity contribution in [1.82, 2.24) is 10.2 Å². The van der Waals surface area contributed by atoms with Crippen LogP contribution in [0.25, 0.3) is 0 Å². The molecule has 1 atom stereocenters. The van der Waals surface area contributed by atoms with Crippen LogP contribution in [0.1, 0.15) is 49.8 Å². The molecule has 0 unspecified atom stereocenters. The lowest BCUT2D eigenvalue weighted by Gasteiger charge is -2.33. The largest absolute Gasteiger partial charge is 0.354 e. The number of nitrogens with zero attached hydrogens (tertiary/aromatic N) is 2. The number of hydrogen-bond acceptors (Lipinski definition) is 4. The SMILES string of the molecule is CCCCNC(=O)[C@H](CC)N(Cc1ccccc1)C(=O)CN(c1ccc(Cl)cc1C)S(=O)(=O)c1ccc(C)cc1. The minimum atomic E-state index is -4.14. The van der Waals surface area contributed by atoms with Gasteiger partial charge in [-0.25, -0.2) is 8.42 Å². The van der Waals surface area contributed by atoms with Gasteiger partial charge in [0.1, 0.15) is 12.6 Å². The molecule has 3 aromatic rings. The Morgan fingerprint density at radius 2 is 1.62 bits per heavy atom. The highest BCUT2D eigenvalue weighted by atomic mass is 35.5. The summed E-state index contributed by atoms with van der Waals surface area (Å²) in [5, 5.41) is 3.40. The molecule has 7 nitrogen and oxygen atoms in total. The van der Waals surface area contributed by atoms with E-state index in [9.17, 15) is 18.0 Å². The molecule has 0 saturated heterocycles. The summed E-state index contributed by atoms with van der Waals surface area (Å²) >= 11 is 6.18. The van der Waals surface area contributed by atoms with Crippen molar-refractivity contribution < 1.29 is 18.0 Å². The van der Waals surface area contributed by atoms with Crippen molar-refractivity contribution in [3.8, 4) is 0 Å². The third-order valence-electron chi connectivity index (χ3n) is 6.73. The first-order chi connectivity index (χ1) is 19.1. The summed E-state index contributed by atoms with van der Waals surface area (Å²) in [5.74, 6) is -0.734. The van der Waals surface area contributed by atoms with Gasteiger partial charge in [0, 0.05) is 18.1 Å². The average molecular weight is 584 g/mol. The summed E-state index contributed by atoms with van der Waals surface area (Å²) in [4.78, 5) is 28.9. The number of aryl methyl sites for hydroxylation is 2. The fourth-order valence-electron chi connectivity index (χ4n) is 4.46. The van der Waals surface area contributed by atoms with Gasteiger partial charge in [-0.15, -0.1) is 0 Å². The molecule has 40 heavy (non-hydrogen) atoms. The van der Waals surface area contributed by atoms with E-state index in [1.165, 1.54) is 17.0 Å². The molecule has 2 amide bonds. The van der Waals surface area contributed by atoms with Crippen molar-refractivity contribution in [2.24, 2.45) is 0 Å². The van der Waals surface area contributed by atoms with Crippen LogP contribution in [0, 0.1) is 13.8 Å². The van der Waals surface area contributed by atoms with Crippen molar-refractivity contribution in [3.05, 3.63) is 94.5 Å². The molecule has 0 fully saturated rings. The molecule has 0 aliphatic heterocycles. The van der Waals surface area contributed by atoms with Crippen LogP contribution in [0.3, 0.4) is 0 Å². The van der Waals surface area contributed by atoms with E-state index in [4.69, 9.17) is 11.6 Å². The van der Waals surface area contributed by atoms with Gasteiger partial charge < -0.3 is 10.2 Å². The van der Waals surface area contributed by atoms with Gasteiger partial charge in [-0.1, -0.05) is 79.9 Å². The zero-order valence-electron chi connectivity index (χ0n) is 23.6. The van der Waals surface area contributed by atoms with Crippen molar-refractivity contribution in [3.63, 3.8) is 0 Å². The molecule has 0 heterocycles. The monoisotopic (exact) mass is 583 g/mol.